The predicted molar refractivity (Wildman–Crippen MR) is 72.3 cm³/mol. The molecule has 1 N–H and O–H groups in total. The van der Waals surface area contributed by atoms with Crippen LogP contribution in [0.25, 0.3) is 11.0 Å². The zero-order valence-corrected chi connectivity index (χ0v) is 11.5. The molecule has 0 fully saturated rings. The minimum Gasteiger partial charge on any atom is -0.323 e. The Balaban J connectivity index is 2.26. The molecule has 0 saturated heterocycles. The van der Waals surface area contributed by atoms with Gasteiger partial charge in [-0.3, -0.25) is 0 Å². The van der Waals surface area contributed by atoms with Crippen LogP contribution in [-0.4, -0.2) is 22.3 Å². The van der Waals surface area contributed by atoms with E-state index in [9.17, 15) is 13.2 Å². The van der Waals surface area contributed by atoms with Gasteiger partial charge in [-0.15, -0.1) is 0 Å². The standard InChI is InChI=1S/C14H18F3N3/c1-10(2)6-18-7-11-8-20(9-14(15,16)17)13-12(11)4-3-5-19-13/h3-5,8,10,18H,6-7,9H2,1-2H3. The first kappa shape index (κ1) is 14.8. The Morgan fingerprint density at radius 3 is 2.75 bits per heavy atom. The zero-order chi connectivity index (χ0) is 14.8. The van der Waals surface area contributed by atoms with Gasteiger partial charge in [-0.1, -0.05) is 13.8 Å². The summed E-state index contributed by atoms with van der Waals surface area (Å²) < 4.78 is 38.9. The quantitative estimate of drug-likeness (QED) is 0.913. The molecule has 0 radical (unpaired) electrons. The average Bonchev–Trinajstić information content (AvgIpc) is 2.66. The SMILES string of the molecule is CC(C)CNCc1cn(CC(F)(F)F)c2ncccc12. The van der Waals surface area contributed by atoms with E-state index in [0.717, 1.165) is 17.5 Å². The van der Waals surface area contributed by atoms with Crippen LogP contribution in [0.5, 0.6) is 0 Å². The van der Waals surface area contributed by atoms with Gasteiger partial charge in [0.05, 0.1) is 0 Å². The van der Waals surface area contributed by atoms with E-state index in [1.807, 2.05) is 6.07 Å². The van der Waals surface area contributed by atoms with Crippen LogP contribution in [0.4, 0.5) is 13.2 Å². The Hall–Kier alpha value is -1.56. The Bertz CT molecular complexity index is 573. The highest BCUT2D eigenvalue weighted by Gasteiger charge is 2.29. The fourth-order valence-electron chi connectivity index (χ4n) is 2.15. The van der Waals surface area contributed by atoms with E-state index in [1.165, 1.54) is 10.8 Å². The molecular formula is C14H18F3N3. The third-order valence-corrected chi connectivity index (χ3v) is 2.93. The molecular weight excluding hydrogens is 267 g/mol. The second-order valence-corrected chi connectivity index (χ2v) is 5.30. The fraction of sp³-hybridized carbons (Fsp3) is 0.500. The minimum atomic E-state index is -4.24. The minimum absolute atomic E-state index is 0.381. The smallest absolute Gasteiger partial charge is 0.323 e. The number of alkyl halides is 3. The van der Waals surface area contributed by atoms with Gasteiger partial charge in [0.25, 0.3) is 0 Å². The van der Waals surface area contributed by atoms with Crippen LogP contribution < -0.4 is 5.32 Å². The molecule has 110 valence electrons. The monoisotopic (exact) mass is 285 g/mol. The van der Waals surface area contributed by atoms with Crippen molar-refractivity contribution >= 4 is 11.0 Å². The van der Waals surface area contributed by atoms with Crippen molar-refractivity contribution in [3.8, 4) is 0 Å². The summed E-state index contributed by atoms with van der Waals surface area (Å²) in [6, 6.07) is 3.55. The summed E-state index contributed by atoms with van der Waals surface area (Å²) in [5.74, 6) is 0.497. The summed E-state index contributed by atoms with van der Waals surface area (Å²) in [7, 11) is 0. The number of rotatable bonds is 5. The topological polar surface area (TPSA) is 29.9 Å². The van der Waals surface area contributed by atoms with Gasteiger partial charge in [0.15, 0.2) is 0 Å². The largest absolute Gasteiger partial charge is 0.406 e. The lowest BCUT2D eigenvalue weighted by Crippen LogP contribution is -2.19. The van der Waals surface area contributed by atoms with Gasteiger partial charge in [0.1, 0.15) is 12.2 Å². The fourth-order valence-corrected chi connectivity index (χ4v) is 2.15. The molecule has 2 aromatic heterocycles. The highest BCUT2D eigenvalue weighted by Crippen LogP contribution is 2.24. The molecule has 2 aromatic rings. The zero-order valence-electron chi connectivity index (χ0n) is 11.5. The van der Waals surface area contributed by atoms with Crippen LogP contribution in [-0.2, 0) is 13.1 Å². The Morgan fingerprint density at radius 2 is 2.10 bits per heavy atom. The summed E-state index contributed by atoms with van der Waals surface area (Å²) >= 11 is 0. The number of pyridine rings is 1. The molecule has 0 unspecified atom stereocenters. The van der Waals surface area contributed by atoms with E-state index in [0.29, 0.717) is 18.1 Å². The van der Waals surface area contributed by atoms with Crippen LogP contribution in [0, 0.1) is 5.92 Å². The lowest BCUT2D eigenvalue weighted by Gasteiger charge is -2.08. The van der Waals surface area contributed by atoms with E-state index < -0.39 is 12.7 Å². The Labute approximate surface area is 115 Å². The van der Waals surface area contributed by atoms with Gasteiger partial charge in [-0.2, -0.15) is 13.2 Å². The molecule has 0 spiro atoms. The van der Waals surface area contributed by atoms with Crippen molar-refractivity contribution in [3.63, 3.8) is 0 Å². The first-order valence-corrected chi connectivity index (χ1v) is 6.57. The molecule has 0 aliphatic rings. The van der Waals surface area contributed by atoms with Gasteiger partial charge in [-0.25, -0.2) is 4.98 Å². The maximum Gasteiger partial charge on any atom is 0.406 e. The highest BCUT2D eigenvalue weighted by atomic mass is 19.4. The van der Waals surface area contributed by atoms with Gasteiger partial charge in [0, 0.05) is 24.3 Å². The van der Waals surface area contributed by atoms with Gasteiger partial charge in [0.2, 0.25) is 0 Å². The van der Waals surface area contributed by atoms with Crippen LogP contribution >= 0.6 is 0 Å². The number of nitrogens with one attached hydrogen (secondary N) is 1. The number of hydrogen-bond donors (Lipinski definition) is 1. The number of halogens is 3. The maximum atomic E-state index is 12.6. The second-order valence-electron chi connectivity index (χ2n) is 5.30. The molecule has 0 amide bonds. The molecule has 0 aromatic carbocycles. The maximum absolute atomic E-state index is 12.6. The van der Waals surface area contributed by atoms with Crippen LogP contribution in [0.15, 0.2) is 24.5 Å². The van der Waals surface area contributed by atoms with E-state index >= 15 is 0 Å². The third kappa shape index (κ3) is 3.72. The van der Waals surface area contributed by atoms with Crippen LogP contribution in [0.3, 0.4) is 0 Å². The molecule has 2 rings (SSSR count). The molecule has 0 bridgehead atoms. The lowest BCUT2D eigenvalue weighted by molar-refractivity contribution is -0.139. The molecule has 6 heteroatoms. The van der Waals surface area contributed by atoms with E-state index in [1.54, 1.807) is 12.3 Å². The van der Waals surface area contributed by atoms with Crippen molar-refractivity contribution in [2.75, 3.05) is 6.54 Å². The number of aromatic nitrogens is 2. The molecule has 3 nitrogen and oxygen atoms in total. The number of fused-ring (bicyclic) bond motifs is 1. The highest BCUT2D eigenvalue weighted by molar-refractivity contribution is 5.80. The van der Waals surface area contributed by atoms with E-state index in [2.05, 4.69) is 24.1 Å². The van der Waals surface area contributed by atoms with E-state index in [-0.39, 0.29) is 0 Å². The summed E-state index contributed by atoms with van der Waals surface area (Å²) in [6.45, 7) is 4.53. The number of hydrogen-bond acceptors (Lipinski definition) is 2. The second kappa shape index (κ2) is 5.83. The van der Waals surface area contributed by atoms with Crippen molar-refractivity contribution in [1.82, 2.24) is 14.9 Å². The van der Waals surface area contributed by atoms with Crippen molar-refractivity contribution in [2.45, 2.75) is 33.1 Å². The summed E-state index contributed by atoms with van der Waals surface area (Å²) in [6.07, 6.45) is -1.19. The normalized spacial score (nSPS) is 12.5. The summed E-state index contributed by atoms with van der Waals surface area (Å²) in [5, 5.41) is 4.02. The van der Waals surface area contributed by atoms with Gasteiger partial charge in [-0.05, 0) is 30.2 Å². The van der Waals surface area contributed by atoms with Gasteiger partial charge >= 0.3 is 6.18 Å². The van der Waals surface area contributed by atoms with Gasteiger partial charge < -0.3 is 9.88 Å². The number of nitrogens with zero attached hydrogens (tertiary/aromatic N) is 2. The van der Waals surface area contributed by atoms with Crippen LogP contribution in [0.1, 0.15) is 19.4 Å². The first-order chi connectivity index (χ1) is 9.37. The van der Waals surface area contributed by atoms with E-state index in [4.69, 9.17) is 0 Å². The molecule has 20 heavy (non-hydrogen) atoms. The Kier molecular flexibility index (Phi) is 4.32. The average molecular weight is 285 g/mol. The van der Waals surface area contributed by atoms with Crippen molar-refractivity contribution in [2.24, 2.45) is 5.92 Å². The molecule has 0 atom stereocenters. The molecule has 0 saturated carbocycles. The summed E-state index contributed by atoms with van der Waals surface area (Å²) in [4.78, 5) is 4.06. The van der Waals surface area contributed by atoms with Crippen molar-refractivity contribution in [3.05, 3.63) is 30.1 Å². The lowest BCUT2D eigenvalue weighted by atomic mass is 10.2. The summed E-state index contributed by atoms with van der Waals surface area (Å²) in [5.41, 5.74) is 1.23. The Morgan fingerprint density at radius 1 is 1.35 bits per heavy atom. The van der Waals surface area contributed by atoms with Crippen molar-refractivity contribution < 1.29 is 13.2 Å². The van der Waals surface area contributed by atoms with Crippen LogP contribution in [0.2, 0.25) is 0 Å². The molecule has 2 heterocycles. The molecule has 0 aliphatic heterocycles. The van der Waals surface area contributed by atoms with Crippen molar-refractivity contribution in [1.29, 1.82) is 0 Å². The predicted octanol–water partition coefficient (Wildman–Crippen LogP) is 3.34. The first-order valence-electron chi connectivity index (χ1n) is 6.57. The molecule has 0 aliphatic carbocycles. The third-order valence-electron chi connectivity index (χ3n) is 2.93.